The molecule has 0 saturated heterocycles. The van der Waals surface area contributed by atoms with Crippen LogP contribution in [0, 0.1) is 0 Å². The van der Waals surface area contributed by atoms with E-state index in [9.17, 15) is 4.79 Å². The minimum atomic E-state index is -0.397. The molecular weight excluding hydrogens is 389 g/mol. The van der Waals surface area contributed by atoms with Gasteiger partial charge in [0.1, 0.15) is 17.7 Å². The summed E-state index contributed by atoms with van der Waals surface area (Å²) in [5.41, 5.74) is 0.0191. The van der Waals surface area contributed by atoms with E-state index < -0.39 is 5.56 Å². The molecule has 0 saturated carbocycles. The van der Waals surface area contributed by atoms with E-state index in [1.807, 2.05) is 0 Å². The number of nitrogens with zero attached hydrogens (tertiary/aromatic N) is 3. The molecule has 0 aliphatic carbocycles. The van der Waals surface area contributed by atoms with Crippen molar-refractivity contribution in [3.8, 4) is 11.5 Å². The van der Waals surface area contributed by atoms with Crippen molar-refractivity contribution in [2.45, 2.75) is 5.16 Å². The Bertz CT molecular complexity index is 976. The Morgan fingerprint density at radius 1 is 1.24 bits per heavy atom. The van der Waals surface area contributed by atoms with Gasteiger partial charge in [-0.05, 0) is 18.2 Å². The Morgan fingerprint density at radius 3 is 2.64 bits per heavy atom. The molecule has 10 heteroatoms. The largest absolute Gasteiger partial charge is 0.448 e. The first-order valence-corrected chi connectivity index (χ1v) is 8.37. The fourth-order valence-corrected chi connectivity index (χ4v) is 2.89. The van der Waals surface area contributed by atoms with Gasteiger partial charge in [-0.15, -0.1) is 0 Å². The Balaban J connectivity index is 2.06. The van der Waals surface area contributed by atoms with E-state index in [0.29, 0.717) is 26.2 Å². The van der Waals surface area contributed by atoms with Crippen LogP contribution in [0.25, 0.3) is 11.0 Å². The Kier molecular flexibility index (Phi) is 5.45. The van der Waals surface area contributed by atoms with Gasteiger partial charge in [-0.2, -0.15) is 4.33 Å². The minimum absolute atomic E-state index is 0.0575. The summed E-state index contributed by atoms with van der Waals surface area (Å²) in [6.07, 6.45) is 1.55. The van der Waals surface area contributed by atoms with Crippen LogP contribution < -0.4 is 10.3 Å². The van der Waals surface area contributed by atoms with Gasteiger partial charge < -0.3 is 4.74 Å². The molecule has 2 aromatic heterocycles. The molecule has 2 heterocycles. The van der Waals surface area contributed by atoms with Crippen LogP contribution in [0.2, 0.25) is 10.0 Å². The van der Waals surface area contributed by atoms with Crippen LogP contribution in [0.5, 0.6) is 11.5 Å². The summed E-state index contributed by atoms with van der Waals surface area (Å²) in [6, 6.07) is 6.46. The zero-order chi connectivity index (χ0) is 18.0. The van der Waals surface area contributed by atoms with Crippen molar-refractivity contribution in [2.24, 2.45) is 7.05 Å². The van der Waals surface area contributed by atoms with Crippen LogP contribution >= 0.6 is 35.2 Å². The quantitative estimate of drug-likeness (QED) is 0.277. The van der Waals surface area contributed by atoms with Crippen LogP contribution in [-0.2, 0) is 16.3 Å². The van der Waals surface area contributed by atoms with Crippen LogP contribution in [0.1, 0.15) is 0 Å². The van der Waals surface area contributed by atoms with Gasteiger partial charge in [-0.3, -0.25) is 9.36 Å². The number of halogens is 2. The Morgan fingerprint density at radius 2 is 1.96 bits per heavy atom. The molecule has 3 rings (SSSR count). The summed E-state index contributed by atoms with van der Waals surface area (Å²) in [6.45, 7) is 0. The predicted molar refractivity (Wildman–Crippen MR) is 95.3 cm³/mol. The summed E-state index contributed by atoms with van der Waals surface area (Å²) in [7, 11) is 2.94. The van der Waals surface area contributed by atoms with E-state index in [1.165, 1.54) is 17.7 Å². The molecule has 7 nitrogen and oxygen atoms in total. The number of aromatic nitrogens is 3. The lowest BCUT2D eigenvalue weighted by Gasteiger charge is -2.11. The fraction of sp³-hybridized carbons (Fsp3) is 0.133. The van der Waals surface area contributed by atoms with Crippen molar-refractivity contribution in [1.29, 1.82) is 0 Å². The SMILES string of the molecule is COOSc1ncc2cc(Oc3c(Cl)cccc3Cl)c(=O)n(C)c2n1. The third-order valence-corrected chi connectivity index (χ3v) is 4.35. The van der Waals surface area contributed by atoms with Crippen molar-refractivity contribution in [3.05, 3.63) is 50.9 Å². The summed E-state index contributed by atoms with van der Waals surface area (Å²) in [5.74, 6) is 0.269. The second-order valence-electron chi connectivity index (χ2n) is 4.78. The molecule has 0 aliphatic rings. The van der Waals surface area contributed by atoms with Crippen LogP contribution in [0.4, 0.5) is 0 Å². The average Bonchev–Trinajstić information content (AvgIpc) is 2.60. The summed E-state index contributed by atoms with van der Waals surface area (Å²) >= 11 is 13.0. The number of rotatable bonds is 5. The van der Waals surface area contributed by atoms with E-state index in [1.54, 1.807) is 31.4 Å². The molecule has 0 spiro atoms. The Hall–Kier alpha value is -1.84. The second-order valence-corrected chi connectivity index (χ2v) is 6.26. The third kappa shape index (κ3) is 3.73. The van der Waals surface area contributed by atoms with E-state index in [0.717, 1.165) is 12.0 Å². The topological polar surface area (TPSA) is 75.5 Å². The van der Waals surface area contributed by atoms with E-state index in [4.69, 9.17) is 32.3 Å². The zero-order valence-corrected chi connectivity index (χ0v) is 15.4. The highest BCUT2D eigenvalue weighted by molar-refractivity contribution is 7.94. The van der Waals surface area contributed by atoms with E-state index in [-0.39, 0.29) is 11.5 Å². The molecular formula is C15H11Cl2N3O4S. The number of pyridine rings is 1. The predicted octanol–water partition coefficient (Wildman–Crippen LogP) is 4.01. The minimum Gasteiger partial charge on any atom is -0.448 e. The average molecular weight is 400 g/mol. The second kappa shape index (κ2) is 7.59. The number of fused-ring (bicyclic) bond motifs is 1. The molecule has 25 heavy (non-hydrogen) atoms. The normalized spacial score (nSPS) is 11.0. The van der Waals surface area contributed by atoms with Crippen LogP contribution in [0.15, 0.2) is 40.4 Å². The lowest BCUT2D eigenvalue weighted by molar-refractivity contribution is -0.160. The molecule has 0 unspecified atom stereocenters. The van der Waals surface area contributed by atoms with Gasteiger partial charge in [0, 0.05) is 18.6 Å². The lowest BCUT2D eigenvalue weighted by Crippen LogP contribution is -2.19. The molecule has 3 aromatic rings. The first-order chi connectivity index (χ1) is 12.0. The highest BCUT2D eigenvalue weighted by Crippen LogP contribution is 2.35. The standard InChI is InChI=1S/C15H11Cl2N3O4S/c1-20-13-8(7-18-15(19-13)25-24-22-2)6-11(14(20)21)23-12-9(16)4-3-5-10(12)17/h3-7H,1-2H3. The van der Waals surface area contributed by atoms with Gasteiger partial charge in [0.15, 0.2) is 11.5 Å². The van der Waals surface area contributed by atoms with Gasteiger partial charge >= 0.3 is 0 Å². The maximum Gasteiger partial charge on any atom is 0.294 e. The highest BCUT2D eigenvalue weighted by atomic mass is 35.5. The van der Waals surface area contributed by atoms with Gasteiger partial charge in [-0.1, -0.05) is 29.3 Å². The number of aryl methyl sites for hydroxylation is 1. The Labute approximate surface area is 156 Å². The summed E-state index contributed by atoms with van der Waals surface area (Å²) in [5, 5.41) is 1.50. The third-order valence-electron chi connectivity index (χ3n) is 3.20. The molecule has 130 valence electrons. The number of hydrogen-bond donors (Lipinski definition) is 0. The monoisotopic (exact) mass is 399 g/mol. The molecule has 0 radical (unpaired) electrons. The maximum atomic E-state index is 12.6. The summed E-state index contributed by atoms with van der Waals surface area (Å²) in [4.78, 5) is 25.4. The first kappa shape index (κ1) is 18.0. The van der Waals surface area contributed by atoms with Crippen molar-refractivity contribution in [2.75, 3.05) is 7.11 Å². The van der Waals surface area contributed by atoms with Crippen LogP contribution in [-0.4, -0.2) is 21.6 Å². The van der Waals surface area contributed by atoms with E-state index >= 15 is 0 Å². The smallest absolute Gasteiger partial charge is 0.294 e. The molecule has 1 aromatic carbocycles. The summed E-state index contributed by atoms with van der Waals surface area (Å²) < 4.78 is 11.7. The molecule has 0 amide bonds. The molecule has 0 bridgehead atoms. The van der Waals surface area contributed by atoms with Gasteiger partial charge in [0.25, 0.3) is 5.56 Å². The highest BCUT2D eigenvalue weighted by Gasteiger charge is 2.15. The molecule has 0 N–H and O–H groups in total. The van der Waals surface area contributed by atoms with Crippen molar-refractivity contribution in [3.63, 3.8) is 0 Å². The zero-order valence-electron chi connectivity index (χ0n) is 13.0. The van der Waals surface area contributed by atoms with Gasteiger partial charge in [0.05, 0.1) is 17.2 Å². The fourth-order valence-electron chi connectivity index (χ4n) is 2.07. The van der Waals surface area contributed by atoms with Crippen molar-refractivity contribution in [1.82, 2.24) is 14.5 Å². The van der Waals surface area contributed by atoms with Crippen LogP contribution in [0.3, 0.4) is 0 Å². The number of benzene rings is 1. The van der Waals surface area contributed by atoms with Gasteiger partial charge in [-0.25, -0.2) is 14.9 Å². The number of hydrogen-bond acceptors (Lipinski definition) is 7. The van der Waals surface area contributed by atoms with Gasteiger partial charge in [0.2, 0.25) is 5.16 Å². The maximum absolute atomic E-state index is 12.6. The number of para-hydroxylation sites is 1. The molecule has 0 fully saturated rings. The molecule has 0 aliphatic heterocycles. The molecule has 0 atom stereocenters. The van der Waals surface area contributed by atoms with E-state index in [2.05, 4.69) is 14.9 Å². The lowest BCUT2D eigenvalue weighted by atomic mass is 10.3. The first-order valence-electron chi connectivity index (χ1n) is 6.87. The van der Waals surface area contributed by atoms with Crippen molar-refractivity contribution >= 4 is 46.3 Å². The number of ether oxygens (including phenoxy) is 1. The van der Waals surface area contributed by atoms with Crippen molar-refractivity contribution < 1.29 is 14.0 Å².